The molecular weight excluding hydrogens is 892 g/mol. The van der Waals surface area contributed by atoms with E-state index >= 15 is 0 Å². The fourth-order valence-electron chi connectivity index (χ4n) is 11.3. The molecule has 0 N–H and O–H groups in total. The van der Waals surface area contributed by atoms with Crippen molar-refractivity contribution in [2.24, 2.45) is 0 Å². The molecule has 0 unspecified atom stereocenters. The van der Waals surface area contributed by atoms with Crippen LogP contribution in [0.5, 0.6) is 11.5 Å². The number of para-hydroxylation sites is 3. The van der Waals surface area contributed by atoms with Crippen LogP contribution in [0.15, 0.2) is 231 Å². The van der Waals surface area contributed by atoms with E-state index in [1.807, 2.05) is 0 Å². The van der Waals surface area contributed by atoms with E-state index in [-0.39, 0.29) is 14.5 Å². The van der Waals surface area contributed by atoms with E-state index in [1.165, 1.54) is 94.7 Å². The maximum atomic E-state index is 6.98. The Kier molecular flexibility index (Phi) is 8.08. The maximum absolute atomic E-state index is 6.98. The summed E-state index contributed by atoms with van der Waals surface area (Å²) in [5.74, 6) is 1.71. The molecule has 1 aromatic heterocycles. The molecule has 0 radical (unpaired) electrons. The van der Waals surface area contributed by atoms with Gasteiger partial charge in [-0.15, -0.1) is 0 Å². The zero-order valence-electron chi connectivity index (χ0n) is 36.7. The van der Waals surface area contributed by atoms with Gasteiger partial charge in [-0.05, 0) is 35.0 Å². The van der Waals surface area contributed by atoms with Gasteiger partial charge in [0, 0.05) is 0 Å². The molecule has 13 aromatic carbocycles. The number of ether oxygens (including phenoxy) is 1. The average Bonchev–Trinajstić information content (AvgIpc) is 3.77. The van der Waals surface area contributed by atoms with Gasteiger partial charge in [-0.3, -0.25) is 0 Å². The number of benzene rings is 13. The van der Waals surface area contributed by atoms with Gasteiger partial charge in [0.05, 0.1) is 0 Å². The Morgan fingerprint density at radius 2 is 0.912 bits per heavy atom. The van der Waals surface area contributed by atoms with E-state index in [4.69, 9.17) is 4.74 Å². The van der Waals surface area contributed by atoms with Crippen LogP contribution < -0.4 is 14.5 Å². The molecule has 0 saturated heterocycles. The minimum Gasteiger partial charge on any atom is -0.0602 e. The number of anilines is 6. The minimum atomic E-state index is 0.114. The monoisotopic (exact) mass is 930 g/mol. The van der Waals surface area contributed by atoms with Crippen molar-refractivity contribution in [3.63, 3.8) is 0 Å². The van der Waals surface area contributed by atoms with Crippen molar-refractivity contribution in [2.45, 2.75) is 0 Å². The molecule has 0 fully saturated rings. The average molecular weight is 930 g/mol. The summed E-state index contributed by atoms with van der Waals surface area (Å²) in [5, 5.41) is 20.0. The van der Waals surface area contributed by atoms with Crippen molar-refractivity contribution in [1.29, 1.82) is 0 Å². The predicted molar refractivity (Wildman–Crippen MR) is 290 cm³/mol. The number of nitrogens with zero attached hydrogens (tertiary/aromatic N) is 2. The van der Waals surface area contributed by atoms with Gasteiger partial charge in [0.25, 0.3) is 0 Å². The van der Waals surface area contributed by atoms with Gasteiger partial charge in [0.15, 0.2) is 0 Å². The predicted octanol–water partition coefficient (Wildman–Crippen LogP) is 18.2. The Morgan fingerprint density at radius 3 is 1.78 bits per heavy atom. The van der Waals surface area contributed by atoms with Crippen LogP contribution in [0.3, 0.4) is 0 Å². The molecule has 316 valence electrons. The maximum Gasteiger partial charge on any atom is -0.0380 e. The second-order valence-electron chi connectivity index (χ2n) is 18.0. The van der Waals surface area contributed by atoms with Gasteiger partial charge in [0.2, 0.25) is 0 Å². The summed E-state index contributed by atoms with van der Waals surface area (Å²) < 4.78 is 9.77. The van der Waals surface area contributed by atoms with Gasteiger partial charge < -0.3 is 0 Å². The van der Waals surface area contributed by atoms with Crippen molar-refractivity contribution < 1.29 is 4.74 Å². The largest absolute Gasteiger partial charge is 0.0602 e. The van der Waals surface area contributed by atoms with E-state index in [2.05, 4.69) is 240 Å². The van der Waals surface area contributed by atoms with Gasteiger partial charge >= 0.3 is 316 Å². The first-order valence-electron chi connectivity index (χ1n) is 23.2. The third kappa shape index (κ3) is 5.53. The first-order chi connectivity index (χ1) is 33.7. The second-order valence-corrected chi connectivity index (χ2v) is 20.3. The number of rotatable bonds is 4. The Bertz CT molecular complexity index is 4440. The molecule has 68 heavy (non-hydrogen) atoms. The molecule has 4 heteroatoms. The molecule has 0 saturated carbocycles. The summed E-state index contributed by atoms with van der Waals surface area (Å²) in [5.41, 5.74) is 6.60. The van der Waals surface area contributed by atoms with Crippen LogP contribution in [0.2, 0.25) is 0 Å². The van der Waals surface area contributed by atoms with Crippen molar-refractivity contribution in [1.82, 2.24) is 0 Å². The molecule has 1 aliphatic rings. The quantitative estimate of drug-likeness (QED) is 0.129. The Labute approximate surface area is 397 Å². The van der Waals surface area contributed by atoms with Crippen LogP contribution in [0, 0.1) is 0 Å². The molecule has 0 spiro atoms. The summed E-state index contributed by atoms with van der Waals surface area (Å²) in [6.07, 6.45) is 0. The van der Waals surface area contributed by atoms with E-state index < -0.39 is 0 Å². The summed E-state index contributed by atoms with van der Waals surface area (Å²) in [7, 11) is 0. The first-order valence-corrected chi connectivity index (χ1v) is 24.9. The van der Waals surface area contributed by atoms with E-state index in [1.54, 1.807) is 0 Å². The molecular formula is C64H38N2OSe. The smallest absolute Gasteiger partial charge is 0.0380 e. The molecule has 3 nitrogen and oxygen atoms in total. The fourth-order valence-corrected chi connectivity index (χ4v) is 13.7. The molecule has 2 heterocycles. The topological polar surface area (TPSA) is 15.7 Å². The summed E-state index contributed by atoms with van der Waals surface area (Å²) in [6.45, 7) is 0. The van der Waals surface area contributed by atoms with E-state index in [0.29, 0.717) is 0 Å². The number of hydrogen-bond donors (Lipinski definition) is 0. The Balaban J connectivity index is 0.969. The molecule has 1 aliphatic heterocycles. The zero-order valence-corrected chi connectivity index (χ0v) is 38.4. The van der Waals surface area contributed by atoms with Crippen LogP contribution in [-0.2, 0) is 0 Å². The van der Waals surface area contributed by atoms with Gasteiger partial charge in [-0.1, -0.05) is 48.5 Å². The third-order valence-corrected chi connectivity index (χ3v) is 16.7. The SMILES string of the molecule is c1ccc(N(c2ccc3ccccc3c2)c2cc3c4ccccc4c(N4c5ccccc5Oc5cc6c(cc54)[se]c4ccc5c7ccc8ccccc8c7ccc5c46)cc3c3ccccc23)cc1. The summed E-state index contributed by atoms with van der Waals surface area (Å²) >= 11 is 0.114. The van der Waals surface area contributed by atoms with Crippen molar-refractivity contribution >= 4 is 143 Å². The molecule has 15 rings (SSSR count). The summed E-state index contributed by atoms with van der Waals surface area (Å²) in [6, 6.07) is 85.0. The van der Waals surface area contributed by atoms with Crippen molar-refractivity contribution in [3.8, 4) is 11.5 Å². The normalized spacial score (nSPS) is 12.5. The molecule has 14 aromatic rings. The van der Waals surface area contributed by atoms with Gasteiger partial charge in [-0.25, -0.2) is 0 Å². The van der Waals surface area contributed by atoms with E-state index in [0.717, 1.165) is 45.6 Å². The number of fused-ring (bicyclic) bond motifs is 17. The van der Waals surface area contributed by atoms with Crippen LogP contribution in [0.25, 0.3) is 94.7 Å². The Hall–Kier alpha value is -8.40. The molecule has 0 atom stereocenters. The van der Waals surface area contributed by atoms with Crippen LogP contribution >= 0.6 is 0 Å². The third-order valence-electron chi connectivity index (χ3n) is 14.3. The fraction of sp³-hybridized carbons (Fsp3) is 0. The molecule has 0 aliphatic carbocycles. The van der Waals surface area contributed by atoms with Crippen molar-refractivity contribution in [2.75, 3.05) is 9.80 Å². The molecule has 0 bridgehead atoms. The molecule has 0 amide bonds. The van der Waals surface area contributed by atoms with Crippen LogP contribution in [-0.4, -0.2) is 14.5 Å². The van der Waals surface area contributed by atoms with Gasteiger partial charge in [-0.2, -0.15) is 0 Å². The number of hydrogen-bond acceptors (Lipinski definition) is 3. The zero-order chi connectivity index (χ0) is 44.5. The standard InChI is InChI=1S/C64H38N2OSe/c1-2-17-42(18-3-1)65(43-28-26-39-14-4-5-16-41(39)34-43)57-35-53-46-21-9-11-23-51(46)58(36-54(53)45-20-8-10-22-50(45)57)66-56-24-12-13-25-60(56)67-61-37-55-63(38-59(61)66)68-62-33-32-49-48-29-27-40-15-6-7-19-44(40)47(48)30-31-52(49)64(55)62/h1-38H. The van der Waals surface area contributed by atoms with Gasteiger partial charge in [0.1, 0.15) is 0 Å². The van der Waals surface area contributed by atoms with Crippen LogP contribution in [0.4, 0.5) is 34.1 Å². The second kappa shape index (κ2) is 14.5. The first kappa shape index (κ1) is 37.8. The minimum absolute atomic E-state index is 0.114. The van der Waals surface area contributed by atoms with E-state index in [9.17, 15) is 0 Å². The van der Waals surface area contributed by atoms with Crippen LogP contribution in [0.1, 0.15) is 0 Å². The Morgan fingerprint density at radius 1 is 0.309 bits per heavy atom. The summed E-state index contributed by atoms with van der Waals surface area (Å²) in [4.78, 5) is 4.90. The van der Waals surface area contributed by atoms with Crippen molar-refractivity contribution in [3.05, 3.63) is 231 Å².